The lowest BCUT2D eigenvalue weighted by molar-refractivity contribution is -0.0137. The van der Waals surface area contributed by atoms with E-state index >= 15 is 0 Å². The van der Waals surface area contributed by atoms with Crippen molar-refractivity contribution in [2.24, 2.45) is 5.92 Å². The van der Waals surface area contributed by atoms with Gasteiger partial charge in [0.15, 0.2) is 0 Å². The van der Waals surface area contributed by atoms with Gasteiger partial charge in [-0.05, 0) is 76.9 Å². The molecule has 3 amide bonds. The van der Waals surface area contributed by atoms with Crippen molar-refractivity contribution in [2.75, 3.05) is 51.0 Å². The zero-order chi connectivity index (χ0) is 30.9. The first kappa shape index (κ1) is 32.3. The molecule has 0 fully saturated rings. The Kier molecular flexibility index (Phi) is 11.4. The van der Waals surface area contributed by atoms with Crippen molar-refractivity contribution in [3.05, 3.63) is 66.2 Å². The van der Waals surface area contributed by atoms with Gasteiger partial charge in [0, 0.05) is 36.7 Å². The van der Waals surface area contributed by atoms with Gasteiger partial charge in [-0.25, -0.2) is 4.79 Å². The number of nitrogens with one attached hydrogen (secondary N) is 2. The highest BCUT2D eigenvalue weighted by Gasteiger charge is 2.30. The summed E-state index contributed by atoms with van der Waals surface area (Å²) in [4.78, 5) is 31.1. The molecule has 1 heterocycles. The number of urea groups is 1. The number of benzene rings is 3. The predicted octanol–water partition coefficient (Wildman–Crippen LogP) is 5.84. The van der Waals surface area contributed by atoms with Crippen molar-refractivity contribution in [3.63, 3.8) is 0 Å². The first-order valence-electron chi connectivity index (χ1n) is 15.2. The normalized spacial score (nSPS) is 21.0. The fourth-order valence-electron chi connectivity index (χ4n) is 5.44. The van der Waals surface area contributed by atoms with Crippen LogP contribution in [0.5, 0.6) is 5.75 Å². The molecule has 0 unspecified atom stereocenters. The molecular weight excluding hydrogens is 544 g/mol. The zero-order valence-electron chi connectivity index (χ0n) is 26.0. The number of ether oxygens (including phenoxy) is 2. The highest BCUT2D eigenvalue weighted by Crippen LogP contribution is 2.29. The third kappa shape index (κ3) is 8.69. The van der Waals surface area contributed by atoms with Crippen molar-refractivity contribution in [1.82, 2.24) is 9.80 Å². The van der Waals surface area contributed by atoms with E-state index < -0.39 is 12.1 Å². The Hall–Kier alpha value is -3.66. The van der Waals surface area contributed by atoms with Crippen molar-refractivity contribution in [3.8, 4) is 5.75 Å². The summed E-state index contributed by atoms with van der Waals surface area (Å²) in [5.74, 6) is 0.201. The molecule has 3 aromatic carbocycles. The van der Waals surface area contributed by atoms with Gasteiger partial charge in [0.25, 0.3) is 5.91 Å². The molecule has 0 saturated carbocycles. The predicted molar refractivity (Wildman–Crippen MR) is 172 cm³/mol. The number of anilines is 2. The average molecular weight is 591 g/mol. The van der Waals surface area contributed by atoms with Crippen molar-refractivity contribution in [2.45, 2.75) is 58.3 Å². The van der Waals surface area contributed by atoms with Crippen LogP contribution in [-0.4, -0.2) is 85.5 Å². The first-order chi connectivity index (χ1) is 20.7. The standard InChI is InChI=1S/C34H46N4O5/c1-23-20-38(24(2)22-39)33(40)29-19-27(35-34(41)36-30-15-10-13-26-12-6-7-14-28(26)30)16-17-31(29)43-25(3)11-8-9-18-42-32(23)21-37(4)5/h6-7,10,12-17,19,23-25,32,39H,8-9,11,18,20-22H2,1-5H3,(H2,35,36,41)/t23-,24+,25+,32+/m0/s1. The molecule has 232 valence electrons. The van der Waals surface area contributed by atoms with Gasteiger partial charge in [-0.2, -0.15) is 0 Å². The molecule has 0 saturated heterocycles. The van der Waals surface area contributed by atoms with Crippen LogP contribution in [0.15, 0.2) is 60.7 Å². The van der Waals surface area contributed by atoms with Crippen LogP contribution in [0.3, 0.4) is 0 Å². The topological polar surface area (TPSA) is 103 Å². The van der Waals surface area contributed by atoms with Gasteiger partial charge < -0.3 is 35.0 Å². The van der Waals surface area contributed by atoms with Crippen LogP contribution in [0.4, 0.5) is 16.2 Å². The Balaban J connectivity index is 1.63. The number of hydrogen-bond donors (Lipinski definition) is 3. The van der Waals surface area contributed by atoms with E-state index in [0.717, 1.165) is 36.6 Å². The van der Waals surface area contributed by atoms with E-state index in [-0.39, 0.29) is 30.6 Å². The molecule has 9 nitrogen and oxygen atoms in total. The van der Waals surface area contributed by atoms with Crippen LogP contribution in [-0.2, 0) is 4.74 Å². The minimum absolute atomic E-state index is 0.0133. The van der Waals surface area contributed by atoms with Gasteiger partial charge >= 0.3 is 6.03 Å². The Morgan fingerprint density at radius 3 is 2.60 bits per heavy atom. The molecule has 9 heteroatoms. The summed E-state index contributed by atoms with van der Waals surface area (Å²) in [5, 5.41) is 17.9. The molecule has 43 heavy (non-hydrogen) atoms. The second kappa shape index (κ2) is 15.2. The number of aliphatic hydroxyl groups is 1. The largest absolute Gasteiger partial charge is 0.490 e. The van der Waals surface area contributed by atoms with E-state index in [1.165, 1.54) is 0 Å². The maximum absolute atomic E-state index is 14.2. The summed E-state index contributed by atoms with van der Waals surface area (Å²) in [5.41, 5.74) is 1.48. The first-order valence-corrected chi connectivity index (χ1v) is 15.2. The number of aliphatic hydroxyl groups excluding tert-OH is 1. The third-order valence-electron chi connectivity index (χ3n) is 7.89. The molecule has 3 aromatic rings. The van der Waals surface area contributed by atoms with E-state index in [1.807, 2.05) is 70.4 Å². The maximum atomic E-state index is 14.2. The summed E-state index contributed by atoms with van der Waals surface area (Å²) < 4.78 is 12.6. The molecule has 1 aliphatic heterocycles. The van der Waals surface area contributed by atoms with Gasteiger partial charge in [-0.3, -0.25) is 4.79 Å². The lowest BCUT2D eigenvalue weighted by Gasteiger charge is -2.35. The van der Waals surface area contributed by atoms with E-state index in [1.54, 1.807) is 23.1 Å². The highest BCUT2D eigenvalue weighted by molar-refractivity contribution is 6.07. The molecule has 0 spiro atoms. The number of likely N-dealkylation sites (N-methyl/N-ethyl adjacent to an activating group) is 1. The number of amides is 3. The fourth-order valence-corrected chi connectivity index (χ4v) is 5.44. The minimum Gasteiger partial charge on any atom is -0.490 e. The Bertz CT molecular complexity index is 1370. The molecular formula is C34H46N4O5. The smallest absolute Gasteiger partial charge is 0.323 e. The molecule has 4 atom stereocenters. The van der Waals surface area contributed by atoms with Crippen LogP contribution in [0, 0.1) is 5.92 Å². The van der Waals surface area contributed by atoms with Gasteiger partial charge in [-0.1, -0.05) is 43.3 Å². The second-order valence-corrected chi connectivity index (χ2v) is 11.9. The monoisotopic (exact) mass is 590 g/mol. The summed E-state index contributed by atoms with van der Waals surface area (Å²) in [7, 11) is 4.03. The maximum Gasteiger partial charge on any atom is 0.323 e. The minimum atomic E-state index is -0.431. The number of hydrogen-bond acceptors (Lipinski definition) is 6. The quantitative estimate of drug-likeness (QED) is 0.333. The van der Waals surface area contributed by atoms with E-state index in [0.29, 0.717) is 35.8 Å². The number of nitrogens with zero attached hydrogens (tertiary/aromatic N) is 2. The number of carbonyl (C=O) groups is 2. The SMILES string of the molecule is C[C@@H]1CCCCO[C@H](CN(C)C)[C@@H](C)CN([C@H](C)CO)C(=O)c2cc(NC(=O)Nc3cccc4ccccc34)ccc2O1. The number of rotatable bonds is 6. The number of carbonyl (C=O) groups excluding carboxylic acids is 2. The fraction of sp³-hybridized carbons (Fsp3) is 0.471. The molecule has 3 N–H and O–H groups in total. The van der Waals surface area contributed by atoms with E-state index in [4.69, 9.17) is 9.47 Å². The Morgan fingerprint density at radius 2 is 1.84 bits per heavy atom. The Morgan fingerprint density at radius 1 is 1.07 bits per heavy atom. The lowest BCUT2D eigenvalue weighted by atomic mass is 10.0. The lowest BCUT2D eigenvalue weighted by Crippen LogP contribution is -2.47. The third-order valence-corrected chi connectivity index (χ3v) is 7.89. The van der Waals surface area contributed by atoms with E-state index in [9.17, 15) is 14.7 Å². The zero-order valence-corrected chi connectivity index (χ0v) is 26.0. The van der Waals surface area contributed by atoms with Gasteiger partial charge in [0.2, 0.25) is 0 Å². The van der Waals surface area contributed by atoms with Crippen LogP contribution >= 0.6 is 0 Å². The van der Waals surface area contributed by atoms with Crippen LogP contribution in [0.1, 0.15) is 50.4 Å². The average Bonchev–Trinajstić information content (AvgIpc) is 2.98. The summed E-state index contributed by atoms with van der Waals surface area (Å²) in [6, 6.07) is 17.9. The summed E-state index contributed by atoms with van der Waals surface area (Å²) >= 11 is 0. The summed E-state index contributed by atoms with van der Waals surface area (Å²) in [6.45, 7) is 7.49. The number of fused-ring (bicyclic) bond motifs is 2. The second-order valence-electron chi connectivity index (χ2n) is 11.9. The molecule has 1 aliphatic rings. The van der Waals surface area contributed by atoms with Gasteiger partial charge in [0.1, 0.15) is 5.75 Å². The molecule has 0 aliphatic carbocycles. The summed E-state index contributed by atoms with van der Waals surface area (Å²) in [6.07, 6.45) is 2.48. The van der Waals surface area contributed by atoms with E-state index in [2.05, 4.69) is 22.5 Å². The highest BCUT2D eigenvalue weighted by atomic mass is 16.5. The van der Waals surface area contributed by atoms with Gasteiger partial charge in [-0.15, -0.1) is 0 Å². The van der Waals surface area contributed by atoms with Crippen molar-refractivity contribution < 1.29 is 24.2 Å². The van der Waals surface area contributed by atoms with Crippen LogP contribution in [0.2, 0.25) is 0 Å². The van der Waals surface area contributed by atoms with Crippen molar-refractivity contribution in [1.29, 1.82) is 0 Å². The van der Waals surface area contributed by atoms with Crippen LogP contribution < -0.4 is 15.4 Å². The Labute approximate surface area is 255 Å². The molecule has 0 radical (unpaired) electrons. The van der Waals surface area contributed by atoms with Crippen LogP contribution in [0.25, 0.3) is 10.8 Å². The van der Waals surface area contributed by atoms with Crippen molar-refractivity contribution >= 4 is 34.1 Å². The molecule has 4 rings (SSSR count). The molecule has 0 bridgehead atoms. The van der Waals surface area contributed by atoms with Gasteiger partial charge in [0.05, 0.1) is 36.1 Å². The molecule has 0 aromatic heterocycles.